The second kappa shape index (κ2) is 13.2. The van der Waals surface area contributed by atoms with Gasteiger partial charge in [-0.15, -0.1) is 0 Å². The molecular formula is C31H35BrN4O5. The van der Waals surface area contributed by atoms with Gasteiger partial charge in [-0.3, -0.25) is 20.0 Å². The van der Waals surface area contributed by atoms with Crippen molar-refractivity contribution in [3.05, 3.63) is 81.3 Å². The first-order valence-corrected chi connectivity index (χ1v) is 14.3. The summed E-state index contributed by atoms with van der Waals surface area (Å²) in [4.78, 5) is 39.4. The van der Waals surface area contributed by atoms with E-state index in [4.69, 9.17) is 10.5 Å². The van der Waals surface area contributed by atoms with Gasteiger partial charge in [0.2, 0.25) is 5.91 Å². The number of rotatable bonds is 10. The third-order valence-corrected chi connectivity index (χ3v) is 8.01. The van der Waals surface area contributed by atoms with E-state index in [1.807, 2.05) is 31.2 Å². The van der Waals surface area contributed by atoms with E-state index in [0.717, 1.165) is 42.9 Å². The van der Waals surface area contributed by atoms with Crippen LogP contribution in [-0.2, 0) is 16.0 Å². The smallest absolute Gasteiger partial charge is 0.339 e. The van der Waals surface area contributed by atoms with Crippen LogP contribution in [0.3, 0.4) is 0 Å². The largest absolute Gasteiger partial charge is 0.496 e. The number of hydrazine groups is 1. The lowest BCUT2D eigenvalue weighted by Gasteiger charge is -2.35. The minimum absolute atomic E-state index is 0.0000944. The predicted octanol–water partition coefficient (Wildman–Crippen LogP) is 5.46. The SMILES string of the molecule is COc1cc(CC(=O)NN(c2ccc(C(N)C(C)=O)cc2)c2c(C)cccc2N2CCCCC2)c(Br)cc1C(=O)O. The molecule has 0 aliphatic carbocycles. The number of piperidine rings is 1. The first-order chi connectivity index (χ1) is 19.6. The molecule has 9 nitrogen and oxygen atoms in total. The number of aromatic carboxylic acids is 1. The van der Waals surface area contributed by atoms with Crippen molar-refractivity contribution < 1.29 is 24.2 Å². The molecule has 3 aromatic rings. The van der Waals surface area contributed by atoms with Crippen LogP contribution in [0, 0.1) is 6.92 Å². The van der Waals surface area contributed by atoms with E-state index in [1.165, 1.54) is 26.5 Å². The molecular weight excluding hydrogens is 588 g/mol. The number of ketones is 1. The van der Waals surface area contributed by atoms with Gasteiger partial charge < -0.3 is 20.5 Å². The molecule has 0 bridgehead atoms. The summed E-state index contributed by atoms with van der Waals surface area (Å²) >= 11 is 3.41. The lowest BCUT2D eigenvalue weighted by molar-refractivity contribution is -0.120. The zero-order valence-corrected chi connectivity index (χ0v) is 25.0. The molecule has 1 unspecified atom stereocenters. The molecule has 4 rings (SSSR count). The fourth-order valence-corrected chi connectivity index (χ4v) is 5.53. The number of halogens is 1. The van der Waals surface area contributed by atoms with Crippen LogP contribution >= 0.6 is 15.9 Å². The van der Waals surface area contributed by atoms with Gasteiger partial charge in [-0.05, 0) is 80.1 Å². The lowest BCUT2D eigenvalue weighted by Crippen LogP contribution is -2.41. The molecule has 10 heteroatoms. The van der Waals surface area contributed by atoms with Crippen molar-refractivity contribution in [3.8, 4) is 5.75 Å². The van der Waals surface area contributed by atoms with Crippen LogP contribution in [0.15, 0.2) is 59.1 Å². The normalized spacial score (nSPS) is 13.8. The summed E-state index contributed by atoms with van der Waals surface area (Å²) in [5, 5.41) is 11.3. The van der Waals surface area contributed by atoms with Crippen molar-refractivity contribution in [3.63, 3.8) is 0 Å². The van der Waals surface area contributed by atoms with E-state index in [2.05, 4.69) is 32.3 Å². The lowest BCUT2D eigenvalue weighted by atomic mass is 10.0. The number of Topliss-reactive ketones (excluding diaryl/α,β-unsaturated/α-hetero) is 1. The number of carbonyl (C=O) groups excluding carboxylic acids is 2. The van der Waals surface area contributed by atoms with Crippen LogP contribution < -0.4 is 25.8 Å². The third kappa shape index (κ3) is 6.89. The number of carboxylic acids is 1. The fourth-order valence-electron chi connectivity index (χ4n) is 5.04. The Balaban J connectivity index is 1.73. The highest BCUT2D eigenvalue weighted by Crippen LogP contribution is 2.38. The Kier molecular flexibility index (Phi) is 9.67. The summed E-state index contributed by atoms with van der Waals surface area (Å²) in [5.41, 5.74) is 14.0. The number of methoxy groups -OCH3 is 1. The summed E-state index contributed by atoms with van der Waals surface area (Å²) in [5.74, 6) is -1.40. The third-order valence-electron chi connectivity index (χ3n) is 7.27. The zero-order valence-electron chi connectivity index (χ0n) is 23.4. The number of carbonyl (C=O) groups is 3. The molecule has 1 heterocycles. The van der Waals surface area contributed by atoms with Crippen molar-refractivity contribution in [1.29, 1.82) is 0 Å². The summed E-state index contributed by atoms with van der Waals surface area (Å²) in [6, 6.07) is 15.6. The van der Waals surface area contributed by atoms with Crippen molar-refractivity contribution in [1.82, 2.24) is 5.43 Å². The Hall–Kier alpha value is -3.89. The Morgan fingerprint density at radius 3 is 2.39 bits per heavy atom. The van der Waals surface area contributed by atoms with Crippen LogP contribution in [0.5, 0.6) is 5.75 Å². The summed E-state index contributed by atoms with van der Waals surface area (Å²) in [6.45, 7) is 5.31. The van der Waals surface area contributed by atoms with Gasteiger partial charge in [-0.25, -0.2) is 4.79 Å². The standard InChI is InChI=1S/C31H35BrN4O5/c1-19-8-7-9-26(35-14-5-4-6-15-35)30(19)36(23-12-10-21(11-13-23)29(33)20(2)37)34-28(38)17-22-16-27(41-3)24(31(39)40)18-25(22)32/h7-13,16,18,29H,4-6,14-15,17,33H2,1-3H3,(H,34,38)(H,39,40). The van der Waals surface area contributed by atoms with Crippen molar-refractivity contribution >= 4 is 50.7 Å². The predicted molar refractivity (Wildman–Crippen MR) is 163 cm³/mol. The summed E-state index contributed by atoms with van der Waals surface area (Å²) in [6.07, 6.45) is 3.35. The van der Waals surface area contributed by atoms with Gasteiger partial charge in [0.1, 0.15) is 11.3 Å². The van der Waals surface area contributed by atoms with E-state index < -0.39 is 12.0 Å². The molecule has 1 amide bonds. The van der Waals surface area contributed by atoms with Crippen molar-refractivity contribution in [2.75, 3.05) is 30.1 Å². The summed E-state index contributed by atoms with van der Waals surface area (Å²) < 4.78 is 5.76. The topological polar surface area (TPSA) is 125 Å². The van der Waals surface area contributed by atoms with Gasteiger partial charge in [-0.2, -0.15) is 0 Å². The van der Waals surface area contributed by atoms with Crippen LogP contribution in [0.2, 0.25) is 0 Å². The molecule has 4 N–H and O–H groups in total. The van der Waals surface area contributed by atoms with Gasteiger partial charge in [0.05, 0.1) is 36.6 Å². The number of nitrogens with two attached hydrogens (primary N) is 1. The molecule has 41 heavy (non-hydrogen) atoms. The van der Waals surface area contributed by atoms with Crippen LogP contribution in [0.25, 0.3) is 0 Å². The molecule has 1 atom stereocenters. The highest BCUT2D eigenvalue weighted by Gasteiger charge is 2.24. The number of carboxylic acid groups (broad SMARTS) is 1. The Labute approximate surface area is 248 Å². The number of nitrogens with one attached hydrogen (secondary N) is 1. The van der Waals surface area contributed by atoms with Gasteiger partial charge in [-0.1, -0.05) is 40.2 Å². The van der Waals surface area contributed by atoms with E-state index in [9.17, 15) is 19.5 Å². The van der Waals surface area contributed by atoms with Crippen LogP contribution in [0.4, 0.5) is 17.1 Å². The molecule has 0 aromatic heterocycles. The first-order valence-electron chi connectivity index (χ1n) is 13.5. The first kappa shape index (κ1) is 30.1. The zero-order chi connectivity index (χ0) is 29.7. The number of hydrogen-bond donors (Lipinski definition) is 3. The fraction of sp³-hybridized carbons (Fsp3) is 0.323. The van der Waals surface area contributed by atoms with Gasteiger partial charge in [0, 0.05) is 17.6 Å². The number of para-hydroxylation sites is 1. The average molecular weight is 624 g/mol. The number of anilines is 3. The molecule has 0 saturated carbocycles. The molecule has 0 radical (unpaired) electrons. The molecule has 1 aliphatic rings. The number of hydrogen-bond acceptors (Lipinski definition) is 7. The molecule has 1 saturated heterocycles. The Morgan fingerprint density at radius 1 is 1.10 bits per heavy atom. The number of benzene rings is 3. The second-order valence-electron chi connectivity index (χ2n) is 10.2. The van der Waals surface area contributed by atoms with Crippen LogP contribution in [0.1, 0.15) is 59.3 Å². The van der Waals surface area contributed by atoms with Crippen molar-refractivity contribution in [2.45, 2.75) is 45.6 Å². The highest BCUT2D eigenvalue weighted by molar-refractivity contribution is 9.10. The quantitative estimate of drug-likeness (QED) is 0.255. The Morgan fingerprint density at radius 2 is 1.78 bits per heavy atom. The minimum atomic E-state index is -1.12. The van der Waals surface area contributed by atoms with E-state index >= 15 is 0 Å². The maximum absolute atomic E-state index is 13.6. The summed E-state index contributed by atoms with van der Waals surface area (Å²) in [7, 11) is 1.39. The van der Waals surface area contributed by atoms with Crippen LogP contribution in [-0.4, -0.2) is 43.0 Å². The van der Waals surface area contributed by atoms with E-state index in [0.29, 0.717) is 21.3 Å². The van der Waals surface area contributed by atoms with E-state index in [-0.39, 0.29) is 29.4 Å². The number of aryl methyl sites for hydroxylation is 1. The monoisotopic (exact) mass is 622 g/mol. The number of ether oxygens (including phenoxy) is 1. The maximum atomic E-state index is 13.6. The maximum Gasteiger partial charge on any atom is 0.339 e. The number of nitrogens with zero attached hydrogens (tertiary/aromatic N) is 2. The van der Waals surface area contributed by atoms with Gasteiger partial charge in [0.25, 0.3) is 0 Å². The van der Waals surface area contributed by atoms with Gasteiger partial charge >= 0.3 is 5.97 Å². The molecule has 1 fully saturated rings. The molecule has 3 aromatic carbocycles. The highest BCUT2D eigenvalue weighted by atomic mass is 79.9. The Bertz CT molecular complexity index is 1440. The molecule has 1 aliphatic heterocycles. The molecule has 216 valence electrons. The minimum Gasteiger partial charge on any atom is -0.496 e. The van der Waals surface area contributed by atoms with Gasteiger partial charge in [0.15, 0.2) is 5.78 Å². The second-order valence-corrected chi connectivity index (χ2v) is 11.0. The van der Waals surface area contributed by atoms with E-state index in [1.54, 1.807) is 23.2 Å². The average Bonchev–Trinajstić information content (AvgIpc) is 2.97. The van der Waals surface area contributed by atoms with Crippen molar-refractivity contribution in [2.24, 2.45) is 5.73 Å². The number of amides is 1. The molecule has 0 spiro atoms.